The Labute approximate surface area is 145 Å². The van der Waals surface area contributed by atoms with Crippen LogP contribution in [-0.4, -0.2) is 9.91 Å². The average Bonchev–Trinajstić information content (AvgIpc) is 2.64. The van der Waals surface area contributed by atoms with Gasteiger partial charge in [0.1, 0.15) is 0 Å². The van der Waals surface area contributed by atoms with Crippen molar-refractivity contribution in [3.63, 3.8) is 0 Å². The van der Waals surface area contributed by atoms with Crippen molar-refractivity contribution in [3.8, 4) is 11.1 Å². The standard InChI is InChI=1S/C21H16N2O2/c24-23(25)19-10-8-15(20-16-5-1-2-6-17(16)21(19)20)13-7-9-18-14(12-13)4-3-11-22-18/h3-5,7-12,17H,1-2,6H2. The number of allylic oxidation sites excluding steroid dienone is 2. The van der Waals surface area contributed by atoms with E-state index in [0.717, 1.165) is 52.4 Å². The number of nitro groups is 1. The van der Waals surface area contributed by atoms with Gasteiger partial charge in [0.05, 0.1) is 10.4 Å². The van der Waals surface area contributed by atoms with Gasteiger partial charge in [-0.1, -0.05) is 18.2 Å². The molecule has 0 saturated carbocycles. The summed E-state index contributed by atoms with van der Waals surface area (Å²) in [5.41, 5.74) is 6.73. The van der Waals surface area contributed by atoms with Gasteiger partial charge >= 0.3 is 0 Å². The van der Waals surface area contributed by atoms with E-state index in [4.69, 9.17) is 0 Å². The summed E-state index contributed by atoms with van der Waals surface area (Å²) in [6, 6.07) is 13.8. The molecule has 0 spiro atoms. The van der Waals surface area contributed by atoms with E-state index < -0.39 is 0 Å². The van der Waals surface area contributed by atoms with Gasteiger partial charge < -0.3 is 0 Å². The fourth-order valence-electron chi connectivity index (χ4n) is 4.29. The second-order valence-electron chi connectivity index (χ2n) is 6.73. The molecule has 0 fully saturated rings. The smallest absolute Gasteiger partial charge is 0.258 e. The Morgan fingerprint density at radius 1 is 1.16 bits per heavy atom. The SMILES string of the molecule is O=[N+]([O-])c1ccc(-c2ccc3ncccc3c2)c2c1C1CCCC=C21. The topological polar surface area (TPSA) is 56.0 Å². The van der Waals surface area contributed by atoms with E-state index in [1.165, 1.54) is 5.57 Å². The molecule has 0 saturated heterocycles. The highest BCUT2D eigenvalue weighted by Gasteiger charge is 2.41. The fraction of sp³-hybridized carbons (Fsp3) is 0.190. The number of pyridine rings is 1. The number of nitro benzene ring substituents is 1. The number of hydrogen-bond acceptors (Lipinski definition) is 3. The Morgan fingerprint density at radius 2 is 2.08 bits per heavy atom. The van der Waals surface area contributed by atoms with Gasteiger partial charge in [-0.15, -0.1) is 0 Å². The summed E-state index contributed by atoms with van der Waals surface area (Å²) < 4.78 is 0. The third-order valence-corrected chi connectivity index (χ3v) is 5.41. The predicted molar refractivity (Wildman–Crippen MR) is 98.4 cm³/mol. The van der Waals surface area contributed by atoms with Crippen LogP contribution in [0.3, 0.4) is 0 Å². The van der Waals surface area contributed by atoms with Gasteiger partial charge in [0.15, 0.2) is 0 Å². The molecule has 4 nitrogen and oxygen atoms in total. The third kappa shape index (κ3) is 2.03. The van der Waals surface area contributed by atoms with Gasteiger partial charge in [-0.05, 0) is 65.8 Å². The van der Waals surface area contributed by atoms with E-state index in [2.05, 4.69) is 23.2 Å². The van der Waals surface area contributed by atoms with E-state index in [1.54, 1.807) is 12.3 Å². The minimum atomic E-state index is -0.238. The molecule has 2 aromatic carbocycles. The number of aromatic nitrogens is 1. The van der Waals surface area contributed by atoms with Crippen molar-refractivity contribution in [2.75, 3.05) is 0 Å². The van der Waals surface area contributed by atoms with Crippen LogP contribution in [0.1, 0.15) is 36.3 Å². The number of benzene rings is 2. The van der Waals surface area contributed by atoms with Crippen molar-refractivity contribution in [1.82, 2.24) is 4.98 Å². The lowest BCUT2D eigenvalue weighted by Gasteiger charge is -2.37. The normalized spacial score (nSPS) is 18.1. The second-order valence-corrected chi connectivity index (χ2v) is 6.73. The third-order valence-electron chi connectivity index (χ3n) is 5.41. The van der Waals surface area contributed by atoms with E-state index in [-0.39, 0.29) is 16.5 Å². The maximum Gasteiger partial charge on any atom is 0.273 e. The van der Waals surface area contributed by atoms with Gasteiger partial charge in [-0.2, -0.15) is 0 Å². The fourth-order valence-corrected chi connectivity index (χ4v) is 4.29. The van der Waals surface area contributed by atoms with Gasteiger partial charge in [0, 0.05) is 29.1 Å². The molecule has 0 radical (unpaired) electrons. The Balaban J connectivity index is 1.75. The van der Waals surface area contributed by atoms with Crippen molar-refractivity contribution in [2.45, 2.75) is 25.2 Å². The van der Waals surface area contributed by atoms with Crippen LogP contribution in [0.4, 0.5) is 5.69 Å². The van der Waals surface area contributed by atoms with Gasteiger partial charge in [0.25, 0.3) is 5.69 Å². The lowest BCUT2D eigenvalue weighted by atomic mass is 9.65. The first-order valence-electron chi connectivity index (χ1n) is 8.61. The zero-order valence-corrected chi connectivity index (χ0v) is 13.6. The first kappa shape index (κ1) is 14.3. The summed E-state index contributed by atoms with van der Waals surface area (Å²) in [6.45, 7) is 0. The van der Waals surface area contributed by atoms with Crippen molar-refractivity contribution < 1.29 is 4.92 Å². The number of hydrogen-bond donors (Lipinski definition) is 0. The molecule has 1 heterocycles. The first-order chi connectivity index (χ1) is 12.2. The molecule has 122 valence electrons. The Kier molecular flexibility index (Phi) is 3.01. The Bertz CT molecular complexity index is 1070. The molecule has 1 unspecified atom stereocenters. The highest BCUT2D eigenvalue weighted by atomic mass is 16.6. The largest absolute Gasteiger partial charge is 0.273 e. The lowest BCUT2D eigenvalue weighted by molar-refractivity contribution is -0.385. The quantitative estimate of drug-likeness (QED) is 0.462. The van der Waals surface area contributed by atoms with Crippen LogP contribution in [0.2, 0.25) is 0 Å². The van der Waals surface area contributed by atoms with Crippen LogP contribution in [0, 0.1) is 10.1 Å². The molecular weight excluding hydrogens is 312 g/mol. The molecular formula is C21H16N2O2. The molecule has 1 aromatic heterocycles. The molecule has 5 rings (SSSR count). The molecule has 2 aliphatic rings. The summed E-state index contributed by atoms with van der Waals surface area (Å²) in [4.78, 5) is 15.6. The average molecular weight is 328 g/mol. The second kappa shape index (κ2) is 5.24. The highest BCUT2D eigenvalue weighted by molar-refractivity contribution is 5.97. The monoisotopic (exact) mass is 328 g/mol. The van der Waals surface area contributed by atoms with Crippen molar-refractivity contribution in [1.29, 1.82) is 0 Å². The van der Waals surface area contributed by atoms with Crippen molar-refractivity contribution in [2.24, 2.45) is 0 Å². The molecule has 1 atom stereocenters. The summed E-state index contributed by atoms with van der Waals surface area (Å²) in [6.07, 6.45) is 7.25. The number of fused-ring (bicyclic) bond motifs is 5. The lowest BCUT2D eigenvalue weighted by Crippen LogP contribution is -2.21. The Morgan fingerprint density at radius 3 is 2.96 bits per heavy atom. The molecule has 3 aromatic rings. The maximum atomic E-state index is 11.5. The van der Waals surface area contributed by atoms with Crippen LogP contribution in [0.25, 0.3) is 27.6 Å². The van der Waals surface area contributed by atoms with E-state index in [0.29, 0.717) is 0 Å². The maximum absolute atomic E-state index is 11.5. The van der Waals surface area contributed by atoms with Crippen LogP contribution in [0.5, 0.6) is 0 Å². The minimum Gasteiger partial charge on any atom is -0.258 e. The summed E-state index contributed by atoms with van der Waals surface area (Å²) in [7, 11) is 0. The van der Waals surface area contributed by atoms with E-state index in [9.17, 15) is 10.1 Å². The summed E-state index contributed by atoms with van der Waals surface area (Å²) in [5.74, 6) is 0.242. The van der Waals surface area contributed by atoms with E-state index >= 15 is 0 Å². The minimum absolute atomic E-state index is 0.238. The molecule has 0 bridgehead atoms. The van der Waals surface area contributed by atoms with Gasteiger partial charge in [-0.3, -0.25) is 15.1 Å². The molecule has 25 heavy (non-hydrogen) atoms. The molecule has 0 aliphatic heterocycles. The molecule has 2 aliphatic carbocycles. The van der Waals surface area contributed by atoms with Crippen LogP contribution in [-0.2, 0) is 0 Å². The molecule has 0 N–H and O–H groups in total. The van der Waals surface area contributed by atoms with Gasteiger partial charge in [0.2, 0.25) is 0 Å². The van der Waals surface area contributed by atoms with Crippen LogP contribution < -0.4 is 0 Å². The summed E-state index contributed by atoms with van der Waals surface area (Å²) >= 11 is 0. The summed E-state index contributed by atoms with van der Waals surface area (Å²) in [5, 5.41) is 12.6. The van der Waals surface area contributed by atoms with E-state index in [1.807, 2.05) is 24.3 Å². The van der Waals surface area contributed by atoms with Crippen LogP contribution >= 0.6 is 0 Å². The number of rotatable bonds is 2. The van der Waals surface area contributed by atoms with Crippen molar-refractivity contribution in [3.05, 3.63) is 76.0 Å². The first-order valence-corrected chi connectivity index (χ1v) is 8.61. The highest BCUT2D eigenvalue weighted by Crippen LogP contribution is 2.57. The Hall–Kier alpha value is -3.01. The van der Waals surface area contributed by atoms with Crippen molar-refractivity contribution >= 4 is 22.2 Å². The van der Waals surface area contributed by atoms with Gasteiger partial charge in [-0.25, -0.2) is 0 Å². The number of nitrogens with zero attached hydrogens (tertiary/aromatic N) is 2. The predicted octanol–water partition coefficient (Wildman–Crippen LogP) is 5.47. The van der Waals surface area contributed by atoms with Crippen LogP contribution in [0.15, 0.2) is 54.7 Å². The zero-order valence-electron chi connectivity index (χ0n) is 13.6. The molecule has 0 amide bonds. The molecule has 4 heteroatoms. The zero-order chi connectivity index (χ0) is 17.0.